The summed E-state index contributed by atoms with van der Waals surface area (Å²) in [5, 5.41) is 6.84. The van der Waals surface area contributed by atoms with Crippen LogP contribution < -0.4 is 20.1 Å². The summed E-state index contributed by atoms with van der Waals surface area (Å²) in [5.41, 5.74) is 5.54. The highest BCUT2D eigenvalue weighted by Gasteiger charge is 2.38. The number of allylic oxidation sites excluding steroid dienone is 2. The zero-order valence-corrected chi connectivity index (χ0v) is 19.6. The number of nitrogens with one attached hydrogen (secondary N) is 2. The van der Waals surface area contributed by atoms with Gasteiger partial charge in [-0.25, -0.2) is 0 Å². The molecule has 0 fully saturated rings. The molecule has 0 saturated heterocycles. The molecular weight excluding hydrogens is 424 g/mol. The summed E-state index contributed by atoms with van der Waals surface area (Å²) in [5.74, 6) is 2.21. The van der Waals surface area contributed by atoms with E-state index < -0.39 is 0 Å². The molecule has 1 amide bonds. The predicted octanol–water partition coefficient (Wildman–Crippen LogP) is 6.10. The smallest absolute Gasteiger partial charge is 0.224 e. The number of fused-ring (bicyclic) bond motifs is 3. The van der Waals surface area contributed by atoms with Gasteiger partial charge in [0.05, 0.1) is 20.3 Å². The van der Waals surface area contributed by atoms with Gasteiger partial charge in [-0.3, -0.25) is 4.79 Å². The van der Waals surface area contributed by atoms with Crippen LogP contribution in [0.15, 0.2) is 78.9 Å². The topological polar surface area (TPSA) is 59.6 Å². The van der Waals surface area contributed by atoms with Crippen molar-refractivity contribution in [3.05, 3.63) is 95.6 Å². The van der Waals surface area contributed by atoms with Gasteiger partial charge in [-0.05, 0) is 65.8 Å². The number of amides is 1. The second kappa shape index (κ2) is 9.64. The molecular formula is C29H30N2O3. The molecule has 174 valence electrons. The van der Waals surface area contributed by atoms with Gasteiger partial charge in [-0.15, -0.1) is 0 Å². The van der Waals surface area contributed by atoms with Crippen molar-refractivity contribution in [1.29, 1.82) is 0 Å². The molecule has 3 unspecified atom stereocenters. The first-order valence-corrected chi connectivity index (χ1v) is 11.8. The molecule has 5 rings (SSSR count). The Labute approximate surface area is 200 Å². The highest BCUT2D eigenvalue weighted by Crippen LogP contribution is 2.51. The van der Waals surface area contributed by atoms with Gasteiger partial charge < -0.3 is 20.1 Å². The van der Waals surface area contributed by atoms with Gasteiger partial charge in [-0.1, -0.05) is 48.6 Å². The zero-order valence-electron chi connectivity index (χ0n) is 19.6. The van der Waals surface area contributed by atoms with Crippen molar-refractivity contribution in [2.75, 3.05) is 24.9 Å². The first-order valence-electron chi connectivity index (χ1n) is 11.8. The van der Waals surface area contributed by atoms with Gasteiger partial charge in [-0.2, -0.15) is 0 Å². The fourth-order valence-corrected chi connectivity index (χ4v) is 5.17. The molecule has 3 atom stereocenters. The Morgan fingerprint density at radius 3 is 2.62 bits per heavy atom. The third kappa shape index (κ3) is 4.38. The molecule has 0 bridgehead atoms. The van der Waals surface area contributed by atoms with Crippen molar-refractivity contribution in [1.82, 2.24) is 0 Å². The fourth-order valence-electron chi connectivity index (χ4n) is 5.17. The quantitative estimate of drug-likeness (QED) is 0.424. The molecule has 5 heteroatoms. The Morgan fingerprint density at radius 1 is 1.00 bits per heavy atom. The fraction of sp³-hybridized carbons (Fsp3) is 0.276. The van der Waals surface area contributed by atoms with Gasteiger partial charge in [0, 0.05) is 23.7 Å². The number of carbonyl (C=O) groups excluding carboxylic acids is 1. The number of ether oxygens (including phenoxy) is 2. The minimum absolute atomic E-state index is 0.0364. The van der Waals surface area contributed by atoms with E-state index in [0.717, 1.165) is 35.7 Å². The summed E-state index contributed by atoms with van der Waals surface area (Å²) in [7, 11) is 3.32. The third-order valence-corrected chi connectivity index (χ3v) is 6.90. The monoisotopic (exact) mass is 454 g/mol. The lowest BCUT2D eigenvalue weighted by Crippen LogP contribution is -2.29. The second-order valence-electron chi connectivity index (χ2n) is 8.93. The normalized spacial score (nSPS) is 20.1. The van der Waals surface area contributed by atoms with Crippen molar-refractivity contribution in [2.24, 2.45) is 5.92 Å². The lowest BCUT2D eigenvalue weighted by Gasteiger charge is -2.38. The van der Waals surface area contributed by atoms with E-state index in [9.17, 15) is 4.79 Å². The molecule has 2 N–H and O–H groups in total. The standard InChI is InChI=1S/C29H30N2O3/c1-33-26-15-12-20(17-27(26)34-2)29-23-10-6-9-22(23)24-18-21(13-14-25(24)31-29)30-28(32)16-11-19-7-4-3-5-8-19/h3-9,12-15,17-18,22-23,29,31H,10-11,16H2,1-2H3,(H,30,32). The minimum atomic E-state index is 0.0364. The molecule has 1 aliphatic heterocycles. The molecule has 0 saturated carbocycles. The highest BCUT2D eigenvalue weighted by atomic mass is 16.5. The van der Waals surface area contributed by atoms with E-state index in [1.54, 1.807) is 14.2 Å². The Kier molecular flexibility index (Phi) is 6.26. The number of carbonyl (C=O) groups is 1. The molecule has 2 aliphatic rings. The van der Waals surface area contributed by atoms with E-state index in [1.165, 1.54) is 16.7 Å². The van der Waals surface area contributed by atoms with Gasteiger partial charge in [0.25, 0.3) is 0 Å². The van der Waals surface area contributed by atoms with Crippen LogP contribution in [0, 0.1) is 5.92 Å². The number of hydrogen-bond donors (Lipinski definition) is 2. The maximum absolute atomic E-state index is 12.6. The van der Waals surface area contributed by atoms with Crippen molar-refractivity contribution in [2.45, 2.75) is 31.2 Å². The Balaban J connectivity index is 1.34. The van der Waals surface area contributed by atoms with Gasteiger partial charge in [0.1, 0.15) is 0 Å². The number of methoxy groups -OCH3 is 2. The average molecular weight is 455 g/mol. The number of rotatable bonds is 7. The predicted molar refractivity (Wildman–Crippen MR) is 136 cm³/mol. The molecule has 5 nitrogen and oxygen atoms in total. The first-order chi connectivity index (χ1) is 16.7. The third-order valence-electron chi connectivity index (χ3n) is 6.90. The maximum Gasteiger partial charge on any atom is 0.224 e. The molecule has 0 radical (unpaired) electrons. The van der Waals surface area contributed by atoms with E-state index in [2.05, 4.69) is 59.2 Å². The lowest BCUT2D eigenvalue weighted by atomic mass is 9.77. The molecule has 1 heterocycles. The lowest BCUT2D eigenvalue weighted by molar-refractivity contribution is -0.116. The van der Waals surface area contributed by atoms with Crippen LogP contribution in [0.1, 0.15) is 41.5 Å². The number of anilines is 2. The molecule has 3 aromatic rings. The van der Waals surface area contributed by atoms with Crippen molar-refractivity contribution in [3.63, 3.8) is 0 Å². The Hall–Kier alpha value is -3.73. The first kappa shape index (κ1) is 22.1. The van der Waals surface area contributed by atoms with Gasteiger partial charge >= 0.3 is 0 Å². The number of hydrogen-bond acceptors (Lipinski definition) is 4. The van der Waals surface area contributed by atoms with E-state index >= 15 is 0 Å². The summed E-state index contributed by atoms with van der Waals surface area (Å²) in [6, 6.07) is 22.6. The minimum Gasteiger partial charge on any atom is -0.493 e. The summed E-state index contributed by atoms with van der Waals surface area (Å²) in [4.78, 5) is 12.6. The van der Waals surface area contributed by atoms with E-state index in [1.807, 2.05) is 30.3 Å². The zero-order chi connectivity index (χ0) is 23.5. The Bertz CT molecular complexity index is 1210. The van der Waals surface area contributed by atoms with Crippen LogP contribution in [0.3, 0.4) is 0 Å². The second-order valence-corrected chi connectivity index (χ2v) is 8.93. The van der Waals surface area contributed by atoms with Crippen LogP contribution in [-0.2, 0) is 11.2 Å². The van der Waals surface area contributed by atoms with Crippen LogP contribution in [0.4, 0.5) is 11.4 Å². The summed E-state index contributed by atoms with van der Waals surface area (Å²) in [6.45, 7) is 0. The van der Waals surface area contributed by atoms with Crippen LogP contribution >= 0.6 is 0 Å². The molecule has 1 aliphatic carbocycles. The van der Waals surface area contributed by atoms with E-state index in [0.29, 0.717) is 18.3 Å². The van der Waals surface area contributed by atoms with Crippen LogP contribution in [-0.4, -0.2) is 20.1 Å². The van der Waals surface area contributed by atoms with Crippen molar-refractivity contribution >= 4 is 17.3 Å². The molecule has 0 aromatic heterocycles. The molecule has 0 spiro atoms. The van der Waals surface area contributed by atoms with Gasteiger partial charge in [0.2, 0.25) is 5.91 Å². The van der Waals surface area contributed by atoms with Crippen molar-refractivity contribution < 1.29 is 14.3 Å². The summed E-state index contributed by atoms with van der Waals surface area (Å²) < 4.78 is 11.0. The van der Waals surface area contributed by atoms with E-state index in [-0.39, 0.29) is 11.9 Å². The van der Waals surface area contributed by atoms with Crippen LogP contribution in [0.5, 0.6) is 11.5 Å². The maximum atomic E-state index is 12.6. The summed E-state index contributed by atoms with van der Waals surface area (Å²) in [6.07, 6.45) is 6.78. The van der Waals surface area contributed by atoms with Crippen LogP contribution in [0.2, 0.25) is 0 Å². The summed E-state index contributed by atoms with van der Waals surface area (Å²) >= 11 is 0. The number of benzene rings is 3. The van der Waals surface area contributed by atoms with Crippen LogP contribution in [0.25, 0.3) is 0 Å². The van der Waals surface area contributed by atoms with Crippen molar-refractivity contribution in [3.8, 4) is 11.5 Å². The van der Waals surface area contributed by atoms with Gasteiger partial charge in [0.15, 0.2) is 11.5 Å². The van der Waals surface area contributed by atoms with E-state index in [4.69, 9.17) is 9.47 Å². The SMILES string of the molecule is COc1ccc(C2Nc3ccc(NC(=O)CCc4ccccc4)cc3C3C=CCC32)cc1OC. The Morgan fingerprint density at radius 2 is 1.82 bits per heavy atom. The molecule has 3 aromatic carbocycles. The molecule has 34 heavy (non-hydrogen) atoms. The number of aryl methyl sites for hydroxylation is 1. The average Bonchev–Trinajstić information content (AvgIpc) is 3.38. The largest absolute Gasteiger partial charge is 0.493 e. The highest BCUT2D eigenvalue weighted by molar-refractivity contribution is 5.91.